The van der Waals surface area contributed by atoms with Gasteiger partial charge < -0.3 is 9.64 Å². The number of hydrogen-bond acceptors (Lipinski definition) is 5. The first-order valence-electron chi connectivity index (χ1n) is 8.45. The molecule has 1 aromatic carbocycles. The van der Waals surface area contributed by atoms with E-state index in [1.807, 2.05) is 0 Å². The number of aromatic nitrogens is 3. The number of methoxy groups -OCH3 is 1. The molecule has 1 aromatic heterocycles. The van der Waals surface area contributed by atoms with Crippen LogP contribution >= 0.6 is 0 Å². The molecule has 1 amide bonds. The van der Waals surface area contributed by atoms with Crippen molar-refractivity contribution in [3.05, 3.63) is 47.0 Å². The highest BCUT2D eigenvalue weighted by molar-refractivity contribution is 5.94. The van der Waals surface area contributed by atoms with E-state index >= 15 is 0 Å². The lowest BCUT2D eigenvalue weighted by Gasteiger charge is -2.22. The van der Waals surface area contributed by atoms with Gasteiger partial charge in [0.05, 0.1) is 23.8 Å². The average Bonchev–Trinajstić information content (AvgIpc) is 3.22. The normalized spacial score (nSPS) is 22.8. The van der Waals surface area contributed by atoms with Crippen LogP contribution in [-0.2, 0) is 4.74 Å². The van der Waals surface area contributed by atoms with Crippen molar-refractivity contribution in [1.82, 2.24) is 20.1 Å². The average molecular weight is 337 g/mol. The summed E-state index contributed by atoms with van der Waals surface area (Å²) in [4.78, 5) is 19.4. The number of likely N-dealkylation sites (tertiary alicyclic amines) is 1. The summed E-state index contributed by atoms with van der Waals surface area (Å²) in [7, 11) is 1.66. The summed E-state index contributed by atoms with van der Waals surface area (Å²) in [5.41, 5.74) is 1.09. The Labute approximate surface area is 145 Å². The van der Waals surface area contributed by atoms with Crippen LogP contribution in [0.15, 0.2) is 24.3 Å². The SMILES string of the molecule is CO[C@@H]1C[C@@H](c2nc(C3CC3)n[nH]2)N(C(=O)c2ccc(C#N)cc2)C1. The second-order valence-electron chi connectivity index (χ2n) is 6.61. The minimum atomic E-state index is -0.173. The van der Waals surface area contributed by atoms with E-state index in [-0.39, 0.29) is 18.1 Å². The predicted octanol–water partition coefficient (Wildman–Crippen LogP) is 2.16. The van der Waals surface area contributed by atoms with Crippen molar-refractivity contribution in [3.8, 4) is 6.07 Å². The smallest absolute Gasteiger partial charge is 0.254 e. The molecule has 25 heavy (non-hydrogen) atoms. The molecular weight excluding hydrogens is 318 g/mol. The number of ether oxygens (including phenoxy) is 1. The Morgan fingerprint density at radius 2 is 2.12 bits per heavy atom. The number of carbonyl (C=O) groups excluding carboxylic acids is 1. The monoisotopic (exact) mass is 337 g/mol. The first-order chi connectivity index (χ1) is 12.2. The zero-order valence-electron chi connectivity index (χ0n) is 14.0. The van der Waals surface area contributed by atoms with Gasteiger partial charge in [-0.05, 0) is 37.1 Å². The number of nitrogens with one attached hydrogen (secondary N) is 1. The summed E-state index contributed by atoms with van der Waals surface area (Å²) in [6, 6.07) is 8.59. The number of rotatable bonds is 4. The molecule has 2 aliphatic rings. The van der Waals surface area contributed by atoms with E-state index in [1.165, 1.54) is 0 Å². The summed E-state index contributed by atoms with van der Waals surface area (Å²) in [5, 5.41) is 16.2. The topological polar surface area (TPSA) is 94.9 Å². The fourth-order valence-electron chi connectivity index (χ4n) is 3.27. The zero-order valence-corrected chi connectivity index (χ0v) is 14.0. The van der Waals surface area contributed by atoms with E-state index in [0.717, 1.165) is 24.5 Å². The molecule has 2 heterocycles. The summed E-state index contributed by atoms with van der Waals surface area (Å²) in [6.45, 7) is 0.513. The number of nitriles is 1. The number of hydrogen-bond donors (Lipinski definition) is 1. The molecule has 0 spiro atoms. The van der Waals surface area contributed by atoms with Crippen molar-refractivity contribution < 1.29 is 9.53 Å². The second kappa shape index (κ2) is 6.30. The van der Waals surface area contributed by atoms with Gasteiger partial charge in [-0.1, -0.05) is 0 Å². The number of nitrogens with zero attached hydrogens (tertiary/aromatic N) is 4. The molecule has 2 atom stereocenters. The molecule has 1 N–H and O–H groups in total. The molecule has 1 aliphatic heterocycles. The van der Waals surface area contributed by atoms with E-state index in [1.54, 1.807) is 36.3 Å². The molecule has 0 unspecified atom stereocenters. The molecule has 0 radical (unpaired) electrons. The molecule has 1 saturated carbocycles. The Kier molecular flexibility index (Phi) is 3.98. The van der Waals surface area contributed by atoms with Crippen molar-refractivity contribution in [3.63, 3.8) is 0 Å². The summed E-state index contributed by atoms with van der Waals surface area (Å²) in [5.74, 6) is 1.95. The number of carbonyl (C=O) groups is 1. The molecule has 7 heteroatoms. The Hall–Kier alpha value is -2.72. The molecular formula is C18H19N5O2. The van der Waals surface area contributed by atoms with E-state index in [4.69, 9.17) is 10.00 Å². The van der Waals surface area contributed by atoms with Crippen LogP contribution in [0, 0.1) is 11.3 Å². The lowest BCUT2D eigenvalue weighted by Crippen LogP contribution is -2.32. The highest BCUT2D eigenvalue weighted by atomic mass is 16.5. The standard InChI is InChI=1S/C18H19N5O2/c1-25-14-8-15(17-20-16(21-22-17)12-6-7-12)23(10-14)18(24)13-4-2-11(9-19)3-5-13/h2-5,12,14-15H,6-8,10H2,1H3,(H,20,21,22)/t14-,15+/m1/s1. The first kappa shape index (κ1) is 15.8. The van der Waals surface area contributed by atoms with Gasteiger partial charge in [-0.15, -0.1) is 0 Å². The van der Waals surface area contributed by atoms with Crippen molar-refractivity contribution in [1.29, 1.82) is 5.26 Å². The minimum absolute atomic E-state index is 0.0261. The lowest BCUT2D eigenvalue weighted by molar-refractivity contribution is 0.0684. The van der Waals surface area contributed by atoms with Crippen molar-refractivity contribution in [2.24, 2.45) is 0 Å². The fraction of sp³-hybridized carbons (Fsp3) is 0.444. The first-order valence-corrected chi connectivity index (χ1v) is 8.45. The lowest BCUT2D eigenvalue weighted by atomic mass is 10.1. The van der Waals surface area contributed by atoms with Gasteiger partial charge in [0.15, 0.2) is 5.82 Å². The number of H-pyrrole nitrogens is 1. The van der Waals surface area contributed by atoms with Gasteiger partial charge in [0, 0.05) is 31.6 Å². The fourth-order valence-corrected chi connectivity index (χ4v) is 3.27. The van der Waals surface area contributed by atoms with Gasteiger partial charge in [-0.3, -0.25) is 9.89 Å². The molecule has 7 nitrogen and oxygen atoms in total. The Balaban J connectivity index is 1.59. The molecule has 2 fully saturated rings. The van der Waals surface area contributed by atoms with E-state index in [2.05, 4.69) is 21.3 Å². The van der Waals surface area contributed by atoms with Crippen LogP contribution in [0.4, 0.5) is 0 Å². The van der Waals surface area contributed by atoms with Gasteiger partial charge in [0.1, 0.15) is 5.82 Å². The summed E-state index contributed by atoms with van der Waals surface area (Å²) < 4.78 is 5.48. The van der Waals surface area contributed by atoms with Crippen LogP contribution in [-0.4, -0.2) is 45.7 Å². The molecule has 2 aromatic rings. The highest BCUT2D eigenvalue weighted by Gasteiger charge is 2.39. The largest absolute Gasteiger partial charge is 0.380 e. The summed E-state index contributed by atoms with van der Waals surface area (Å²) >= 11 is 0. The van der Waals surface area contributed by atoms with Gasteiger partial charge in [0.2, 0.25) is 0 Å². The molecule has 1 saturated heterocycles. The maximum absolute atomic E-state index is 13.0. The van der Waals surface area contributed by atoms with E-state index < -0.39 is 0 Å². The third-order valence-corrected chi connectivity index (χ3v) is 4.90. The van der Waals surface area contributed by atoms with Crippen LogP contribution in [0.25, 0.3) is 0 Å². The number of aromatic amines is 1. The zero-order chi connectivity index (χ0) is 17.4. The molecule has 4 rings (SSSR count). The third-order valence-electron chi connectivity index (χ3n) is 4.90. The van der Waals surface area contributed by atoms with E-state index in [0.29, 0.717) is 30.0 Å². The Bertz CT molecular complexity index is 819. The second-order valence-corrected chi connectivity index (χ2v) is 6.61. The van der Waals surface area contributed by atoms with Crippen molar-refractivity contribution in [2.75, 3.05) is 13.7 Å². The van der Waals surface area contributed by atoms with Gasteiger partial charge in [-0.2, -0.15) is 10.4 Å². The minimum Gasteiger partial charge on any atom is -0.380 e. The van der Waals surface area contributed by atoms with E-state index in [9.17, 15) is 4.79 Å². The Morgan fingerprint density at radius 1 is 1.36 bits per heavy atom. The molecule has 0 bridgehead atoms. The Morgan fingerprint density at radius 3 is 2.76 bits per heavy atom. The van der Waals surface area contributed by atoms with Crippen LogP contribution < -0.4 is 0 Å². The molecule has 128 valence electrons. The quantitative estimate of drug-likeness (QED) is 0.922. The number of amides is 1. The van der Waals surface area contributed by atoms with Crippen molar-refractivity contribution >= 4 is 5.91 Å². The predicted molar refractivity (Wildman–Crippen MR) is 88.7 cm³/mol. The van der Waals surface area contributed by atoms with Crippen LogP contribution in [0.3, 0.4) is 0 Å². The van der Waals surface area contributed by atoms with Crippen LogP contribution in [0.5, 0.6) is 0 Å². The maximum atomic E-state index is 13.0. The van der Waals surface area contributed by atoms with Crippen LogP contribution in [0.2, 0.25) is 0 Å². The highest BCUT2D eigenvalue weighted by Crippen LogP contribution is 2.39. The van der Waals surface area contributed by atoms with Crippen LogP contribution in [0.1, 0.15) is 58.8 Å². The van der Waals surface area contributed by atoms with Gasteiger partial charge in [-0.25, -0.2) is 4.98 Å². The summed E-state index contributed by atoms with van der Waals surface area (Å²) in [6.07, 6.45) is 2.94. The van der Waals surface area contributed by atoms with Gasteiger partial charge >= 0.3 is 0 Å². The van der Waals surface area contributed by atoms with Gasteiger partial charge in [0.25, 0.3) is 5.91 Å². The third kappa shape index (κ3) is 3.01. The van der Waals surface area contributed by atoms with Crippen molar-refractivity contribution in [2.45, 2.75) is 37.3 Å². The maximum Gasteiger partial charge on any atom is 0.254 e. The number of benzene rings is 1. The molecule has 1 aliphatic carbocycles.